The number of nitrogens with zero attached hydrogens (tertiary/aromatic N) is 4. The molecule has 11 rings (SSSR count). The maximum absolute atomic E-state index is 2.69. The first kappa shape index (κ1) is 34.7. The van der Waals surface area contributed by atoms with E-state index in [9.17, 15) is 0 Å². The highest BCUT2D eigenvalue weighted by molar-refractivity contribution is 6.03. The van der Waals surface area contributed by atoms with Crippen LogP contribution in [0, 0.1) is 0 Å². The Morgan fingerprint density at radius 1 is 0.793 bits per heavy atom. The van der Waals surface area contributed by atoms with Crippen molar-refractivity contribution in [2.24, 2.45) is 0 Å². The third-order valence-corrected chi connectivity index (χ3v) is 12.8. The number of aryl methyl sites for hydroxylation is 1. The summed E-state index contributed by atoms with van der Waals surface area (Å²) in [6, 6.07) is 22.7. The Morgan fingerprint density at radius 2 is 1.62 bits per heavy atom. The van der Waals surface area contributed by atoms with Gasteiger partial charge in [-0.15, -0.1) is 0 Å². The van der Waals surface area contributed by atoms with Gasteiger partial charge in [0, 0.05) is 74.1 Å². The number of benzene rings is 3. The molecule has 4 heterocycles. The number of aromatic nitrogens is 3. The second kappa shape index (κ2) is 14.1. The number of fused-ring (bicyclic) bond motifs is 9. The number of hydrogen-bond acceptors (Lipinski definition) is 1. The Balaban J connectivity index is 0.976. The van der Waals surface area contributed by atoms with Crippen molar-refractivity contribution in [2.45, 2.75) is 64.3 Å². The van der Waals surface area contributed by atoms with E-state index in [-0.39, 0.29) is 6.04 Å². The summed E-state index contributed by atoms with van der Waals surface area (Å²) in [5.74, 6) is 0.390. The van der Waals surface area contributed by atoms with Crippen molar-refractivity contribution < 1.29 is 0 Å². The highest BCUT2D eigenvalue weighted by Crippen LogP contribution is 2.54. The Labute approximate surface area is 341 Å². The lowest BCUT2D eigenvalue weighted by atomic mass is 9.91. The molecule has 0 saturated heterocycles. The van der Waals surface area contributed by atoms with Crippen molar-refractivity contribution in [3.63, 3.8) is 0 Å². The first-order valence-corrected chi connectivity index (χ1v) is 21.2. The summed E-state index contributed by atoms with van der Waals surface area (Å²) in [7, 11) is 0. The van der Waals surface area contributed by atoms with E-state index >= 15 is 0 Å². The first-order chi connectivity index (χ1) is 28.7. The lowest BCUT2D eigenvalue weighted by molar-refractivity contribution is 0.621. The van der Waals surface area contributed by atoms with Gasteiger partial charge < -0.3 is 18.6 Å². The molecule has 3 aromatic carbocycles. The second-order valence-electron chi connectivity index (χ2n) is 16.1. The van der Waals surface area contributed by atoms with Crippen molar-refractivity contribution in [3.8, 4) is 0 Å². The molecule has 0 spiro atoms. The van der Waals surface area contributed by atoms with Crippen LogP contribution in [0.4, 0.5) is 5.69 Å². The zero-order chi connectivity index (χ0) is 38.7. The Kier molecular flexibility index (Phi) is 8.46. The zero-order valence-corrected chi connectivity index (χ0v) is 33.4. The van der Waals surface area contributed by atoms with Crippen LogP contribution in [-0.4, -0.2) is 13.7 Å². The van der Waals surface area contributed by atoms with Gasteiger partial charge in [-0.2, -0.15) is 0 Å². The third-order valence-electron chi connectivity index (χ3n) is 12.8. The van der Waals surface area contributed by atoms with Crippen molar-refractivity contribution in [2.75, 3.05) is 4.90 Å². The molecule has 284 valence electrons. The second-order valence-corrected chi connectivity index (χ2v) is 16.1. The summed E-state index contributed by atoms with van der Waals surface area (Å²) in [4.78, 5) is 2.59. The smallest absolute Gasteiger partial charge is 0.0741 e. The van der Waals surface area contributed by atoms with Gasteiger partial charge in [-0.05, 0) is 99.1 Å². The zero-order valence-electron chi connectivity index (χ0n) is 33.4. The molecule has 0 bridgehead atoms. The topological polar surface area (TPSA) is 18.0 Å². The molecule has 6 aromatic rings. The molecule has 4 nitrogen and oxygen atoms in total. The fraction of sp³-hybridized carbons (Fsp3) is 0.185. The van der Waals surface area contributed by atoms with E-state index < -0.39 is 0 Å². The van der Waals surface area contributed by atoms with E-state index in [1.165, 1.54) is 89.1 Å². The van der Waals surface area contributed by atoms with Crippen molar-refractivity contribution in [1.82, 2.24) is 13.7 Å². The van der Waals surface area contributed by atoms with E-state index in [2.05, 4.69) is 203 Å². The minimum absolute atomic E-state index is 0.210. The van der Waals surface area contributed by atoms with Gasteiger partial charge in [-0.3, -0.25) is 0 Å². The van der Waals surface area contributed by atoms with E-state index in [0.717, 1.165) is 38.5 Å². The van der Waals surface area contributed by atoms with E-state index in [1.54, 1.807) is 0 Å². The highest BCUT2D eigenvalue weighted by atomic mass is 15.2. The summed E-state index contributed by atoms with van der Waals surface area (Å²) in [6.07, 6.45) is 48.0. The van der Waals surface area contributed by atoms with Crippen LogP contribution in [-0.2, 0) is 6.42 Å². The van der Waals surface area contributed by atoms with Crippen LogP contribution < -0.4 is 4.90 Å². The minimum Gasteiger partial charge on any atom is -0.332 e. The molecular weight excluding hydrogens is 705 g/mol. The maximum atomic E-state index is 2.69. The third kappa shape index (κ3) is 5.42. The van der Waals surface area contributed by atoms with Crippen LogP contribution in [0.5, 0.6) is 0 Å². The fourth-order valence-corrected chi connectivity index (χ4v) is 10.2. The quantitative estimate of drug-likeness (QED) is 0.142. The van der Waals surface area contributed by atoms with Gasteiger partial charge in [0.1, 0.15) is 0 Å². The normalized spacial score (nSPS) is 19.9. The molecule has 1 aliphatic heterocycles. The van der Waals surface area contributed by atoms with E-state index in [4.69, 9.17) is 0 Å². The van der Waals surface area contributed by atoms with Gasteiger partial charge in [0.2, 0.25) is 0 Å². The van der Waals surface area contributed by atoms with E-state index in [0.29, 0.717) is 5.92 Å². The Hall–Kier alpha value is -6.52. The predicted octanol–water partition coefficient (Wildman–Crippen LogP) is 14.1. The maximum Gasteiger partial charge on any atom is 0.0741 e. The molecule has 0 N–H and O–H groups in total. The summed E-state index contributed by atoms with van der Waals surface area (Å²) in [5, 5.41) is 3.92. The van der Waals surface area contributed by atoms with Gasteiger partial charge in [0.05, 0.1) is 28.3 Å². The molecule has 4 heteroatoms. The summed E-state index contributed by atoms with van der Waals surface area (Å²) in [6.45, 7) is 4.28. The van der Waals surface area contributed by atoms with Crippen LogP contribution >= 0.6 is 0 Å². The number of hydrogen-bond donors (Lipinski definition) is 0. The number of allylic oxidation sites excluding steroid dienone is 16. The molecule has 58 heavy (non-hydrogen) atoms. The van der Waals surface area contributed by atoms with Crippen molar-refractivity contribution in [3.05, 3.63) is 191 Å². The Bertz CT molecular complexity index is 2980. The fourth-order valence-electron chi connectivity index (χ4n) is 10.2. The predicted molar refractivity (Wildman–Crippen MR) is 247 cm³/mol. The van der Waals surface area contributed by atoms with Crippen LogP contribution in [0.1, 0.15) is 85.9 Å². The number of anilines is 1. The molecule has 2 atom stereocenters. The monoisotopic (exact) mass is 752 g/mol. The average molecular weight is 753 g/mol. The number of rotatable bonds is 8. The van der Waals surface area contributed by atoms with Crippen LogP contribution in [0.2, 0.25) is 0 Å². The van der Waals surface area contributed by atoms with Crippen LogP contribution in [0.15, 0.2) is 163 Å². The molecule has 0 amide bonds. The first-order valence-electron chi connectivity index (χ1n) is 21.2. The molecule has 5 aliphatic rings. The molecule has 2 unspecified atom stereocenters. The van der Waals surface area contributed by atoms with Crippen molar-refractivity contribution >= 4 is 68.0 Å². The SMILES string of the molecule is C/C=C\C(=C/CC)n1cc(/C=C\c2cn(C3=CCC(n4c5c(c6ccc7c(c64)N(C4=CCC=C4)C4=CC=CCC47)CCC=C5)C=C3)c3ccccc23)c2ccccc21. The molecular formula is C54H48N4. The molecule has 3 aromatic heterocycles. The van der Waals surface area contributed by atoms with Crippen LogP contribution in [0.25, 0.3) is 62.3 Å². The summed E-state index contributed by atoms with van der Waals surface area (Å²) >= 11 is 0. The largest absolute Gasteiger partial charge is 0.332 e. The summed E-state index contributed by atoms with van der Waals surface area (Å²) in [5.41, 5.74) is 17.1. The van der Waals surface area contributed by atoms with Gasteiger partial charge >= 0.3 is 0 Å². The van der Waals surface area contributed by atoms with Crippen molar-refractivity contribution in [1.29, 1.82) is 0 Å². The van der Waals surface area contributed by atoms with Gasteiger partial charge in [-0.25, -0.2) is 0 Å². The van der Waals surface area contributed by atoms with Gasteiger partial charge in [-0.1, -0.05) is 122 Å². The molecule has 4 aliphatic carbocycles. The average Bonchev–Trinajstić information content (AvgIpc) is 4.11. The highest BCUT2D eigenvalue weighted by Gasteiger charge is 2.39. The molecule has 0 radical (unpaired) electrons. The molecule has 0 saturated carbocycles. The van der Waals surface area contributed by atoms with E-state index in [1.807, 2.05) is 0 Å². The lowest BCUT2D eigenvalue weighted by Gasteiger charge is -2.27. The summed E-state index contributed by atoms with van der Waals surface area (Å²) < 4.78 is 7.41. The standard InChI is InChI=1S/C54H48N4/c1-3-15-39(16-4-2)55-35-37(43-19-7-11-23-49(43)55)27-28-38-36-56(50-24-12-8-20-44(38)50)40-29-31-42(32-30-40)58-52-26-14-10-22-46(52)48-34-33-47-45-21-9-13-25-51(45)57(53(47)54(48)58)41-17-5-6-18-41/h3,5,7-9,11-20,23-31,33-36,42,45H,4,6,10,21-22,32H2,1-2H3/b15-3-,28-27-,39-16+. The van der Waals surface area contributed by atoms with Crippen LogP contribution in [0.3, 0.4) is 0 Å². The molecule has 0 fully saturated rings. The Morgan fingerprint density at radius 3 is 2.41 bits per heavy atom. The number of para-hydroxylation sites is 2. The van der Waals surface area contributed by atoms with Gasteiger partial charge in [0.15, 0.2) is 0 Å². The van der Waals surface area contributed by atoms with Gasteiger partial charge in [0.25, 0.3) is 0 Å². The minimum atomic E-state index is 0.210. The lowest BCUT2D eigenvalue weighted by Crippen LogP contribution is -2.19.